The Labute approximate surface area is 287 Å². The second-order valence-electron chi connectivity index (χ2n) is 14.0. The monoisotopic (exact) mass is 694 g/mol. The number of hydrogen-bond donors (Lipinski definition) is 9. The fourth-order valence-electron chi connectivity index (χ4n) is 6.23. The first-order valence-corrected chi connectivity index (χ1v) is 18.4. The smallest absolute Gasteiger partial charge is 0.187 e. The lowest BCUT2D eigenvalue weighted by atomic mass is 9.97. The maximum Gasteiger partial charge on any atom is 0.187 e. The minimum Gasteiger partial charge on any atom is -0.394 e. The Kier molecular flexibility index (Phi) is 22.1. The summed E-state index contributed by atoms with van der Waals surface area (Å²) < 4.78 is 22.9. The van der Waals surface area contributed by atoms with Gasteiger partial charge in [-0.15, -0.1) is 0 Å². The molecule has 9 N–H and O–H groups in total. The molecule has 0 aromatic rings. The van der Waals surface area contributed by atoms with E-state index in [4.69, 9.17) is 18.9 Å². The molecule has 2 fully saturated rings. The molecule has 0 aromatic carbocycles. The number of allylic oxidation sites excluding steroid dienone is 2. The molecule has 12 atom stereocenters. The molecule has 2 aliphatic heterocycles. The molecular weight excluding hydrogens is 626 g/mol. The normalized spacial score (nSPS) is 32.7. The molecule has 2 saturated heterocycles. The van der Waals surface area contributed by atoms with E-state index in [0.717, 1.165) is 70.8 Å². The summed E-state index contributed by atoms with van der Waals surface area (Å²) in [4.78, 5) is 1.43. The van der Waals surface area contributed by atoms with E-state index >= 15 is 0 Å². The lowest BCUT2D eigenvalue weighted by Gasteiger charge is -2.46. The highest BCUT2D eigenvalue weighted by Gasteiger charge is 2.51. The molecule has 0 bridgehead atoms. The van der Waals surface area contributed by atoms with Crippen molar-refractivity contribution in [3.63, 3.8) is 0 Å². The molecular formula is C35H68NO12+. The first-order valence-electron chi connectivity index (χ1n) is 18.4. The van der Waals surface area contributed by atoms with E-state index in [1.165, 1.54) is 30.6 Å². The van der Waals surface area contributed by atoms with Crippen molar-refractivity contribution in [2.45, 2.75) is 177 Å². The molecule has 284 valence electrons. The Morgan fingerprint density at radius 1 is 0.625 bits per heavy atom. The minimum absolute atomic E-state index is 0.143. The van der Waals surface area contributed by atoms with Crippen molar-refractivity contribution in [1.29, 1.82) is 0 Å². The third kappa shape index (κ3) is 15.6. The van der Waals surface area contributed by atoms with Gasteiger partial charge in [-0.25, -0.2) is 0 Å². The number of aliphatic hydroxyl groups excluding tert-OH is 8. The van der Waals surface area contributed by atoms with Gasteiger partial charge in [-0.05, 0) is 58.3 Å². The van der Waals surface area contributed by atoms with Gasteiger partial charge in [-0.3, -0.25) is 0 Å². The fraction of sp³-hybridized carbons (Fsp3) is 0.943. The van der Waals surface area contributed by atoms with Gasteiger partial charge in [-0.1, -0.05) is 57.1 Å². The first kappa shape index (κ1) is 43.4. The fourth-order valence-corrected chi connectivity index (χ4v) is 6.23. The molecule has 12 unspecified atom stereocenters. The molecule has 2 heterocycles. The topological polar surface area (TPSA) is 203 Å². The lowest BCUT2D eigenvalue weighted by Crippen LogP contribution is -3.05. The molecule has 0 saturated carbocycles. The van der Waals surface area contributed by atoms with Crippen LogP contribution in [0.2, 0.25) is 0 Å². The standard InChI is InChI=1S/C35H67NO12/c1-24(18-15-13-11-9-7-5-4-6-8-10-12-14-16-19-25(39)20-17-21-36(2)3)45-35-33(31(43)29(41)27(23-38)47-35)48-34-32(44)30(42)28(40)26(22-37)46-34/h4-5,24-35,37-44H,6-23H2,1-3H3/p+1/b5-4-. The average molecular weight is 695 g/mol. The van der Waals surface area contributed by atoms with Gasteiger partial charge in [0.25, 0.3) is 0 Å². The van der Waals surface area contributed by atoms with Crippen LogP contribution < -0.4 is 4.90 Å². The summed E-state index contributed by atoms with van der Waals surface area (Å²) in [5.74, 6) is 0. The first-order chi connectivity index (χ1) is 23.0. The van der Waals surface area contributed by atoms with Gasteiger partial charge in [0, 0.05) is 0 Å². The van der Waals surface area contributed by atoms with Crippen molar-refractivity contribution in [2.75, 3.05) is 33.9 Å². The van der Waals surface area contributed by atoms with Crippen LogP contribution in [0.4, 0.5) is 0 Å². The molecule has 2 aliphatic rings. The van der Waals surface area contributed by atoms with Crippen LogP contribution in [-0.2, 0) is 18.9 Å². The van der Waals surface area contributed by atoms with Gasteiger partial charge < -0.3 is 64.7 Å². The van der Waals surface area contributed by atoms with Crippen LogP contribution in [0.5, 0.6) is 0 Å². The summed E-state index contributed by atoms with van der Waals surface area (Å²) >= 11 is 0. The Bertz CT molecular complexity index is 835. The van der Waals surface area contributed by atoms with Crippen molar-refractivity contribution in [2.24, 2.45) is 0 Å². The van der Waals surface area contributed by atoms with E-state index in [1.54, 1.807) is 0 Å². The summed E-state index contributed by atoms with van der Waals surface area (Å²) in [6.07, 6.45) is 5.39. The summed E-state index contributed by atoms with van der Waals surface area (Å²) in [5, 5.41) is 80.9. The highest BCUT2D eigenvalue weighted by molar-refractivity contribution is 4.94. The van der Waals surface area contributed by atoms with Crippen molar-refractivity contribution in [3.8, 4) is 0 Å². The third-order valence-electron chi connectivity index (χ3n) is 9.35. The summed E-state index contributed by atoms with van der Waals surface area (Å²) in [5.41, 5.74) is 0. The van der Waals surface area contributed by atoms with Gasteiger partial charge >= 0.3 is 0 Å². The van der Waals surface area contributed by atoms with Crippen molar-refractivity contribution in [1.82, 2.24) is 0 Å². The zero-order valence-electron chi connectivity index (χ0n) is 29.5. The summed E-state index contributed by atoms with van der Waals surface area (Å²) in [7, 11) is 4.29. The quantitative estimate of drug-likeness (QED) is 0.0456. The molecule has 0 aliphatic carbocycles. The lowest BCUT2D eigenvalue weighted by molar-refractivity contribution is -0.858. The van der Waals surface area contributed by atoms with Crippen molar-refractivity contribution < 1.29 is 64.7 Å². The maximum absolute atomic E-state index is 10.8. The van der Waals surface area contributed by atoms with Gasteiger partial charge in [-0.2, -0.15) is 0 Å². The van der Waals surface area contributed by atoms with E-state index in [0.29, 0.717) is 6.42 Å². The molecule has 48 heavy (non-hydrogen) atoms. The van der Waals surface area contributed by atoms with E-state index in [1.807, 2.05) is 6.92 Å². The predicted molar refractivity (Wildman–Crippen MR) is 179 cm³/mol. The maximum atomic E-state index is 10.8. The molecule has 0 aromatic heterocycles. The van der Waals surface area contributed by atoms with Crippen LogP contribution in [0, 0.1) is 0 Å². The number of aliphatic hydroxyl groups is 8. The highest BCUT2D eigenvalue weighted by atomic mass is 16.8. The summed E-state index contributed by atoms with van der Waals surface area (Å²) in [6, 6.07) is 0. The predicted octanol–water partition coefficient (Wildman–Crippen LogP) is -0.0713. The largest absolute Gasteiger partial charge is 0.394 e. The number of unbranched alkanes of at least 4 members (excludes halogenated alkanes) is 9. The minimum atomic E-state index is -1.71. The average Bonchev–Trinajstić information content (AvgIpc) is 3.05. The molecule has 0 radical (unpaired) electrons. The molecule has 13 nitrogen and oxygen atoms in total. The number of nitrogens with one attached hydrogen (secondary N) is 1. The van der Waals surface area contributed by atoms with E-state index in [-0.39, 0.29) is 12.2 Å². The molecule has 13 heteroatoms. The van der Waals surface area contributed by atoms with Gasteiger partial charge in [0.15, 0.2) is 12.6 Å². The van der Waals surface area contributed by atoms with Crippen LogP contribution in [-0.4, -0.2) is 148 Å². The van der Waals surface area contributed by atoms with E-state index in [9.17, 15) is 40.9 Å². The Balaban J connectivity index is 1.60. The van der Waals surface area contributed by atoms with Gasteiger partial charge in [0.05, 0.1) is 46.1 Å². The number of quaternary nitrogens is 1. The Morgan fingerprint density at radius 3 is 1.71 bits per heavy atom. The summed E-state index contributed by atoms with van der Waals surface area (Å²) in [6.45, 7) is 1.74. The van der Waals surface area contributed by atoms with E-state index in [2.05, 4.69) is 26.2 Å². The van der Waals surface area contributed by atoms with Gasteiger partial charge in [0.1, 0.15) is 48.8 Å². The van der Waals surface area contributed by atoms with Crippen LogP contribution in [0.1, 0.15) is 103 Å². The Morgan fingerprint density at radius 2 is 1.12 bits per heavy atom. The van der Waals surface area contributed by atoms with Gasteiger partial charge in [0.2, 0.25) is 0 Å². The van der Waals surface area contributed by atoms with Crippen LogP contribution in [0.15, 0.2) is 12.2 Å². The zero-order valence-corrected chi connectivity index (χ0v) is 29.5. The SMILES string of the molecule is CC(CCCCCC/C=C\CCCCCCCC(O)CCC[NH+](C)C)OC1OC(CO)C(O)C(O)C1OC1OC(CO)C(O)C(O)C1O. The van der Waals surface area contributed by atoms with Crippen molar-refractivity contribution >= 4 is 0 Å². The molecule has 0 spiro atoms. The third-order valence-corrected chi connectivity index (χ3v) is 9.35. The number of hydrogen-bond acceptors (Lipinski definition) is 12. The van der Waals surface area contributed by atoms with Crippen molar-refractivity contribution in [3.05, 3.63) is 12.2 Å². The van der Waals surface area contributed by atoms with Crippen LogP contribution in [0.3, 0.4) is 0 Å². The number of rotatable bonds is 25. The number of ether oxygens (including phenoxy) is 4. The molecule has 2 rings (SSSR count). The zero-order chi connectivity index (χ0) is 35.5. The second-order valence-corrected chi connectivity index (χ2v) is 14.0. The van der Waals surface area contributed by atoms with E-state index < -0.39 is 74.6 Å². The molecule has 0 amide bonds. The van der Waals surface area contributed by atoms with Crippen LogP contribution in [0.25, 0.3) is 0 Å². The van der Waals surface area contributed by atoms with Crippen LogP contribution >= 0.6 is 0 Å². The highest BCUT2D eigenvalue weighted by Crippen LogP contribution is 2.30. The second kappa shape index (κ2) is 24.4. The Hall–Kier alpha value is -0.780.